The van der Waals surface area contributed by atoms with Crippen LogP contribution in [0.15, 0.2) is 0 Å². The lowest BCUT2D eigenvalue weighted by atomic mass is 9.96. The zero-order valence-corrected chi connectivity index (χ0v) is 11.8. The van der Waals surface area contributed by atoms with Gasteiger partial charge in [-0.2, -0.15) is 0 Å². The molecule has 0 saturated carbocycles. The number of ether oxygens (including phenoxy) is 1. The molecule has 0 aliphatic carbocycles. The van der Waals surface area contributed by atoms with E-state index >= 15 is 0 Å². The standard InChI is InChI=1S/C13H26N2O.ClH/c1-15(10-12-2-6-14-7-3-12)11-13-4-8-16-9-5-13;/h12-14H,2-11H2,1H3;1H. The summed E-state index contributed by atoms with van der Waals surface area (Å²) in [7, 11) is 2.29. The van der Waals surface area contributed by atoms with Gasteiger partial charge >= 0.3 is 0 Å². The molecule has 0 atom stereocenters. The molecule has 0 spiro atoms. The second kappa shape index (κ2) is 8.30. The van der Waals surface area contributed by atoms with E-state index in [1.165, 1.54) is 51.9 Å². The number of hydrogen-bond donors (Lipinski definition) is 1. The molecule has 102 valence electrons. The van der Waals surface area contributed by atoms with E-state index in [0.29, 0.717) is 0 Å². The first-order valence-corrected chi connectivity index (χ1v) is 6.81. The Bertz CT molecular complexity index is 172. The molecule has 0 aromatic rings. The molecule has 2 rings (SSSR count). The zero-order valence-electron chi connectivity index (χ0n) is 11.0. The summed E-state index contributed by atoms with van der Waals surface area (Å²) in [6.45, 7) is 6.95. The van der Waals surface area contributed by atoms with Gasteiger partial charge in [0.25, 0.3) is 0 Å². The monoisotopic (exact) mass is 262 g/mol. The zero-order chi connectivity index (χ0) is 11.2. The highest BCUT2D eigenvalue weighted by molar-refractivity contribution is 5.85. The Morgan fingerprint density at radius 1 is 1.00 bits per heavy atom. The van der Waals surface area contributed by atoms with E-state index < -0.39 is 0 Å². The molecule has 3 nitrogen and oxygen atoms in total. The summed E-state index contributed by atoms with van der Waals surface area (Å²) in [5, 5.41) is 3.43. The fraction of sp³-hybridized carbons (Fsp3) is 1.00. The summed E-state index contributed by atoms with van der Waals surface area (Å²) < 4.78 is 5.40. The summed E-state index contributed by atoms with van der Waals surface area (Å²) in [5.74, 6) is 1.80. The van der Waals surface area contributed by atoms with Crippen molar-refractivity contribution in [1.82, 2.24) is 10.2 Å². The van der Waals surface area contributed by atoms with Crippen LogP contribution in [0.3, 0.4) is 0 Å². The highest BCUT2D eigenvalue weighted by Gasteiger charge is 2.19. The molecule has 2 heterocycles. The van der Waals surface area contributed by atoms with Crippen LogP contribution in [0.4, 0.5) is 0 Å². The Balaban J connectivity index is 0.00000144. The minimum Gasteiger partial charge on any atom is -0.381 e. The van der Waals surface area contributed by atoms with Crippen LogP contribution >= 0.6 is 12.4 Å². The number of halogens is 1. The summed E-state index contributed by atoms with van der Waals surface area (Å²) in [6.07, 6.45) is 5.24. The maximum Gasteiger partial charge on any atom is 0.0469 e. The molecule has 2 aliphatic heterocycles. The van der Waals surface area contributed by atoms with Crippen molar-refractivity contribution >= 4 is 12.4 Å². The van der Waals surface area contributed by atoms with Gasteiger partial charge in [0.2, 0.25) is 0 Å². The van der Waals surface area contributed by atoms with Crippen molar-refractivity contribution in [2.45, 2.75) is 25.7 Å². The summed E-state index contributed by atoms with van der Waals surface area (Å²) >= 11 is 0. The average molecular weight is 263 g/mol. The van der Waals surface area contributed by atoms with Crippen LogP contribution in [0.2, 0.25) is 0 Å². The van der Waals surface area contributed by atoms with Crippen LogP contribution in [0.25, 0.3) is 0 Å². The number of nitrogens with one attached hydrogen (secondary N) is 1. The van der Waals surface area contributed by atoms with E-state index in [4.69, 9.17) is 4.74 Å². The van der Waals surface area contributed by atoms with Gasteiger partial charge in [-0.1, -0.05) is 0 Å². The van der Waals surface area contributed by atoms with Gasteiger partial charge < -0.3 is 15.0 Å². The van der Waals surface area contributed by atoms with Crippen molar-refractivity contribution in [3.63, 3.8) is 0 Å². The van der Waals surface area contributed by atoms with Crippen LogP contribution in [0.1, 0.15) is 25.7 Å². The molecule has 0 bridgehead atoms. The molecular formula is C13H27ClN2O. The topological polar surface area (TPSA) is 24.5 Å². The Hall–Kier alpha value is 0.170. The van der Waals surface area contributed by atoms with E-state index in [-0.39, 0.29) is 12.4 Å². The number of hydrogen-bond acceptors (Lipinski definition) is 3. The van der Waals surface area contributed by atoms with Gasteiger partial charge in [-0.25, -0.2) is 0 Å². The quantitative estimate of drug-likeness (QED) is 0.836. The third kappa shape index (κ3) is 5.56. The minimum atomic E-state index is 0. The smallest absolute Gasteiger partial charge is 0.0469 e. The molecule has 0 aromatic heterocycles. The van der Waals surface area contributed by atoms with E-state index in [2.05, 4.69) is 17.3 Å². The lowest BCUT2D eigenvalue weighted by molar-refractivity contribution is 0.0534. The first kappa shape index (κ1) is 15.2. The van der Waals surface area contributed by atoms with Crippen molar-refractivity contribution in [1.29, 1.82) is 0 Å². The molecular weight excluding hydrogens is 236 g/mol. The summed E-state index contributed by atoms with van der Waals surface area (Å²) in [6, 6.07) is 0. The molecule has 0 radical (unpaired) electrons. The normalized spacial score (nSPS) is 23.6. The number of piperidine rings is 1. The number of nitrogens with zero attached hydrogens (tertiary/aromatic N) is 1. The van der Waals surface area contributed by atoms with Crippen LogP contribution in [0.5, 0.6) is 0 Å². The Morgan fingerprint density at radius 3 is 2.12 bits per heavy atom. The van der Waals surface area contributed by atoms with Crippen molar-refractivity contribution in [2.24, 2.45) is 11.8 Å². The lowest BCUT2D eigenvalue weighted by Gasteiger charge is -2.31. The molecule has 0 amide bonds. The van der Waals surface area contributed by atoms with E-state index in [1.54, 1.807) is 0 Å². The van der Waals surface area contributed by atoms with E-state index in [0.717, 1.165) is 25.0 Å². The molecule has 4 heteroatoms. The van der Waals surface area contributed by atoms with Crippen LogP contribution in [-0.2, 0) is 4.74 Å². The maximum atomic E-state index is 5.40. The van der Waals surface area contributed by atoms with Crippen molar-refractivity contribution in [3.8, 4) is 0 Å². The first-order chi connectivity index (χ1) is 7.84. The van der Waals surface area contributed by atoms with Crippen LogP contribution in [-0.4, -0.2) is 51.3 Å². The minimum absolute atomic E-state index is 0. The third-order valence-electron chi connectivity index (χ3n) is 3.94. The van der Waals surface area contributed by atoms with E-state index in [9.17, 15) is 0 Å². The highest BCUT2D eigenvalue weighted by atomic mass is 35.5. The fourth-order valence-electron chi connectivity index (χ4n) is 2.95. The average Bonchev–Trinajstić information content (AvgIpc) is 2.31. The number of rotatable bonds is 4. The Morgan fingerprint density at radius 2 is 1.53 bits per heavy atom. The molecule has 0 unspecified atom stereocenters. The van der Waals surface area contributed by atoms with Gasteiger partial charge in [-0.05, 0) is 57.7 Å². The molecule has 2 fully saturated rings. The second-order valence-corrected chi connectivity index (χ2v) is 5.47. The Labute approximate surface area is 112 Å². The SMILES string of the molecule is CN(CC1CCNCC1)CC1CCOCC1.Cl. The van der Waals surface area contributed by atoms with E-state index in [1.807, 2.05) is 0 Å². The molecule has 2 saturated heterocycles. The van der Waals surface area contributed by atoms with Gasteiger partial charge in [-0.15, -0.1) is 12.4 Å². The van der Waals surface area contributed by atoms with Crippen LogP contribution < -0.4 is 5.32 Å². The van der Waals surface area contributed by atoms with Crippen molar-refractivity contribution in [2.75, 3.05) is 46.4 Å². The fourth-order valence-corrected chi connectivity index (χ4v) is 2.95. The van der Waals surface area contributed by atoms with Crippen molar-refractivity contribution in [3.05, 3.63) is 0 Å². The highest BCUT2D eigenvalue weighted by Crippen LogP contribution is 2.18. The summed E-state index contributed by atoms with van der Waals surface area (Å²) in [4.78, 5) is 2.55. The largest absolute Gasteiger partial charge is 0.381 e. The molecule has 1 N–H and O–H groups in total. The predicted molar refractivity (Wildman–Crippen MR) is 73.9 cm³/mol. The maximum absolute atomic E-state index is 5.40. The van der Waals surface area contributed by atoms with Gasteiger partial charge in [0, 0.05) is 26.3 Å². The van der Waals surface area contributed by atoms with Crippen LogP contribution in [0, 0.1) is 11.8 Å². The van der Waals surface area contributed by atoms with Gasteiger partial charge in [0.15, 0.2) is 0 Å². The van der Waals surface area contributed by atoms with Gasteiger partial charge in [-0.3, -0.25) is 0 Å². The van der Waals surface area contributed by atoms with Crippen molar-refractivity contribution < 1.29 is 4.74 Å². The Kier molecular flexibility index (Phi) is 7.44. The second-order valence-electron chi connectivity index (χ2n) is 5.47. The third-order valence-corrected chi connectivity index (χ3v) is 3.94. The van der Waals surface area contributed by atoms with Gasteiger partial charge in [0.1, 0.15) is 0 Å². The van der Waals surface area contributed by atoms with Gasteiger partial charge in [0.05, 0.1) is 0 Å². The molecule has 2 aliphatic rings. The molecule has 17 heavy (non-hydrogen) atoms. The molecule has 0 aromatic carbocycles. The first-order valence-electron chi connectivity index (χ1n) is 6.81. The summed E-state index contributed by atoms with van der Waals surface area (Å²) in [5.41, 5.74) is 0. The lowest BCUT2D eigenvalue weighted by Crippen LogP contribution is -2.37. The predicted octanol–water partition coefficient (Wildman–Crippen LogP) is 1.77.